The second kappa shape index (κ2) is 3.60. The molecule has 0 saturated heterocycles. The lowest BCUT2D eigenvalue weighted by atomic mass is 10.4. The average Bonchev–Trinajstić information content (AvgIpc) is 2.24. The summed E-state index contributed by atoms with van der Waals surface area (Å²) in [7, 11) is -2.23. The van der Waals surface area contributed by atoms with Crippen molar-refractivity contribution in [3.8, 4) is 0 Å². The first kappa shape index (κ1) is 11.1. The third-order valence-electron chi connectivity index (χ3n) is 3.99. The van der Waals surface area contributed by atoms with E-state index in [1.807, 2.05) is 0 Å². The zero-order valence-corrected chi connectivity index (χ0v) is 12.4. The predicted octanol–water partition coefficient (Wildman–Crippen LogP) is 2.92. The molecule has 82 valence electrons. The van der Waals surface area contributed by atoms with Crippen molar-refractivity contribution in [3.05, 3.63) is 24.3 Å². The van der Waals surface area contributed by atoms with Gasteiger partial charge in [0.2, 0.25) is 0 Å². The molecule has 1 aliphatic heterocycles. The average molecular weight is 234 g/mol. The Hall–Kier alpha value is -0.346. The maximum Gasteiger partial charge on any atom is 0.0804 e. The molecule has 0 fully saturated rings. The lowest BCUT2D eigenvalue weighted by molar-refractivity contribution is 1.03. The first-order valence-electron chi connectivity index (χ1n) is 6.03. The molecule has 0 aliphatic carbocycles. The lowest BCUT2D eigenvalue weighted by Gasteiger charge is -2.27. The van der Waals surface area contributed by atoms with E-state index in [1.54, 1.807) is 10.4 Å². The highest BCUT2D eigenvalue weighted by atomic mass is 28.3. The smallest absolute Gasteiger partial charge is 0.0654 e. The molecule has 1 heterocycles. The summed E-state index contributed by atoms with van der Waals surface area (Å²) in [6.07, 6.45) is 1.47. The zero-order valence-electron chi connectivity index (χ0n) is 10.4. The Bertz CT molecular complexity index is 332. The summed E-state index contributed by atoms with van der Waals surface area (Å²) in [5, 5.41) is 3.53. The van der Waals surface area contributed by atoms with Gasteiger partial charge in [-0.05, 0) is 0 Å². The Morgan fingerprint density at radius 3 is 1.60 bits per heavy atom. The van der Waals surface area contributed by atoms with Gasteiger partial charge >= 0.3 is 0 Å². The monoisotopic (exact) mass is 234 g/mol. The summed E-state index contributed by atoms with van der Waals surface area (Å²) in [5.41, 5.74) is 0. The maximum absolute atomic E-state index is 2.54. The molecule has 0 bridgehead atoms. The lowest BCUT2D eigenvalue weighted by Crippen LogP contribution is -2.56. The van der Waals surface area contributed by atoms with Gasteiger partial charge in [0, 0.05) is 0 Å². The molecule has 1 aromatic carbocycles. The molecule has 0 atom stereocenters. The van der Waals surface area contributed by atoms with Gasteiger partial charge in [0.15, 0.2) is 0 Å². The zero-order chi connectivity index (χ0) is 11.1. The minimum Gasteiger partial charge on any atom is -0.0654 e. The number of hydrogen-bond donors (Lipinski definition) is 0. The molecular formula is C13H22Si2. The number of benzene rings is 1. The van der Waals surface area contributed by atoms with Crippen LogP contribution in [-0.4, -0.2) is 16.1 Å². The van der Waals surface area contributed by atoms with E-state index >= 15 is 0 Å². The SMILES string of the molecule is C[Si]1(C)CCC[Si](C)(C)c2ccccc21. The van der Waals surface area contributed by atoms with Crippen LogP contribution in [0.5, 0.6) is 0 Å². The standard InChI is InChI=1S/C13H22Si2/c1-14(2)10-7-11-15(3,4)13-9-6-5-8-12(13)14/h5-6,8-9H,7,10-11H2,1-4H3. The van der Waals surface area contributed by atoms with Gasteiger partial charge in [0.25, 0.3) is 0 Å². The van der Waals surface area contributed by atoms with Crippen LogP contribution in [0.1, 0.15) is 6.42 Å². The van der Waals surface area contributed by atoms with Crippen LogP contribution in [-0.2, 0) is 0 Å². The van der Waals surface area contributed by atoms with E-state index < -0.39 is 16.1 Å². The minimum atomic E-state index is -1.12. The van der Waals surface area contributed by atoms with Gasteiger partial charge in [-0.25, -0.2) is 0 Å². The topological polar surface area (TPSA) is 0 Å². The number of hydrogen-bond acceptors (Lipinski definition) is 0. The molecule has 0 spiro atoms. The number of fused-ring (bicyclic) bond motifs is 1. The van der Waals surface area contributed by atoms with Gasteiger partial charge in [0.05, 0.1) is 16.1 Å². The van der Waals surface area contributed by atoms with Crippen molar-refractivity contribution in [2.24, 2.45) is 0 Å². The van der Waals surface area contributed by atoms with Crippen LogP contribution in [0.3, 0.4) is 0 Å². The number of rotatable bonds is 0. The van der Waals surface area contributed by atoms with E-state index in [9.17, 15) is 0 Å². The van der Waals surface area contributed by atoms with Crippen molar-refractivity contribution in [2.75, 3.05) is 0 Å². The van der Waals surface area contributed by atoms with E-state index in [0.717, 1.165) is 0 Å². The van der Waals surface area contributed by atoms with Crippen molar-refractivity contribution >= 4 is 26.5 Å². The summed E-state index contributed by atoms with van der Waals surface area (Å²) in [6, 6.07) is 12.3. The van der Waals surface area contributed by atoms with E-state index in [-0.39, 0.29) is 0 Å². The van der Waals surface area contributed by atoms with Gasteiger partial charge in [-0.1, -0.05) is 79.3 Å². The normalized spacial score (nSPS) is 22.9. The molecule has 15 heavy (non-hydrogen) atoms. The Morgan fingerprint density at radius 2 is 1.20 bits per heavy atom. The molecule has 0 N–H and O–H groups in total. The molecular weight excluding hydrogens is 212 g/mol. The minimum absolute atomic E-state index is 1.12. The quantitative estimate of drug-likeness (QED) is 0.606. The van der Waals surface area contributed by atoms with E-state index in [0.29, 0.717) is 0 Å². The van der Waals surface area contributed by atoms with Crippen LogP contribution < -0.4 is 10.4 Å². The fraction of sp³-hybridized carbons (Fsp3) is 0.538. The molecule has 0 nitrogen and oxygen atoms in total. The van der Waals surface area contributed by atoms with Crippen LogP contribution in [0.25, 0.3) is 0 Å². The van der Waals surface area contributed by atoms with E-state index in [4.69, 9.17) is 0 Å². The maximum atomic E-state index is 2.54. The molecule has 1 aromatic rings. The fourth-order valence-corrected chi connectivity index (χ4v) is 10.7. The summed E-state index contributed by atoms with van der Waals surface area (Å²) in [6.45, 7) is 10.2. The van der Waals surface area contributed by atoms with Crippen molar-refractivity contribution in [2.45, 2.75) is 44.7 Å². The van der Waals surface area contributed by atoms with Crippen LogP contribution in [0.2, 0.25) is 38.3 Å². The van der Waals surface area contributed by atoms with Crippen LogP contribution in [0, 0.1) is 0 Å². The Kier molecular flexibility index (Phi) is 2.67. The van der Waals surface area contributed by atoms with Gasteiger partial charge in [0.1, 0.15) is 0 Å². The van der Waals surface area contributed by atoms with Crippen LogP contribution in [0.15, 0.2) is 24.3 Å². The van der Waals surface area contributed by atoms with Crippen LogP contribution in [0.4, 0.5) is 0 Å². The van der Waals surface area contributed by atoms with E-state index in [1.165, 1.54) is 18.5 Å². The molecule has 1 aliphatic rings. The van der Waals surface area contributed by atoms with Gasteiger partial charge in [-0.3, -0.25) is 0 Å². The molecule has 0 radical (unpaired) electrons. The van der Waals surface area contributed by atoms with Gasteiger partial charge < -0.3 is 0 Å². The first-order chi connectivity index (χ1) is 6.93. The Balaban J connectivity index is 2.61. The largest absolute Gasteiger partial charge is 0.0804 e. The second-order valence-corrected chi connectivity index (χ2v) is 15.8. The van der Waals surface area contributed by atoms with E-state index in [2.05, 4.69) is 50.5 Å². The van der Waals surface area contributed by atoms with Crippen LogP contribution >= 0.6 is 0 Å². The summed E-state index contributed by atoms with van der Waals surface area (Å²) in [4.78, 5) is 0. The summed E-state index contributed by atoms with van der Waals surface area (Å²) < 4.78 is 0. The molecule has 0 amide bonds. The van der Waals surface area contributed by atoms with Crippen molar-refractivity contribution in [3.63, 3.8) is 0 Å². The molecule has 2 heteroatoms. The Labute approximate surface area is 95.7 Å². The highest BCUT2D eigenvalue weighted by molar-refractivity contribution is 7.00. The summed E-state index contributed by atoms with van der Waals surface area (Å²) in [5.74, 6) is 0. The summed E-state index contributed by atoms with van der Waals surface area (Å²) >= 11 is 0. The fourth-order valence-electron chi connectivity index (χ4n) is 2.91. The molecule has 2 rings (SSSR count). The van der Waals surface area contributed by atoms with Crippen molar-refractivity contribution in [1.82, 2.24) is 0 Å². The molecule has 0 unspecified atom stereocenters. The van der Waals surface area contributed by atoms with Crippen molar-refractivity contribution in [1.29, 1.82) is 0 Å². The third-order valence-corrected chi connectivity index (χ3v) is 11.2. The molecule has 0 saturated carbocycles. The van der Waals surface area contributed by atoms with Crippen molar-refractivity contribution < 1.29 is 0 Å². The second-order valence-electron chi connectivity index (χ2n) is 6.17. The highest BCUT2D eigenvalue weighted by Crippen LogP contribution is 2.23. The third kappa shape index (κ3) is 1.97. The molecule has 0 aromatic heterocycles. The Morgan fingerprint density at radius 1 is 0.800 bits per heavy atom. The predicted molar refractivity (Wildman–Crippen MR) is 74.9 cm³/mol. The van der Waals surface area contributed by atoms with Gasteiger partial charge in [-0.2, -0.15) is 0 Å². The van der Waals surface area contributed by atoms with Gasteiger partial charge in [-0.15, -0.1) is 0 Å². The first-order valence-corrected chi connectivity index (χ1v) is 12.4. The highest BCUT2D eigenvalue weighted by Gasteiger charge is 2.35.